The molecule has 0 amide bonds. The van der Waals surface area contributed by atoms with E-state index in [4.69, 9.17) is 0 Å². The Hall–Kier alpha value is -2.70. The summed E-state index contributed by atoms with van der Waals surface area (Å²) in [6, 6.07) is 5.13. The van der Waals surface area contributed by atoms with Gasteiger partial charge in [0.2, 0.25) is 0 Å². The third kappa shape index (κ3) is 5.07. The molecule has 0 heterocycles. The van der Waals surface area contributed by atoms with Crippen LogP contribution in [0.1, 0.15) is 113 Å². The van der Waals surface area contributed by atoms with E-state index in [9.17, 15) is 0 Å². The first kappa shape index (κ1) is 27.9. The first-order chi connectivity index (χ1) is 17.6. The highest BCUT2D eigenvalue weighted by Crippen LogP contribution is 2.40. The molecule has 0 unspecified atom stereocenters. The third-order valence-corrected chi connectivity index (χ3v) is 7.90. The van der Waals surface area contributed by atoms with Gasteiger partial charge in [0, 0.05) is 25.7 Å². The Bertz CT molecular complexity index is 1250. The molecule has 0 atom stereocenters. The number of hydrogen-bond acceptors (Lipinski definition) is 0. The van der Waals surface area contributed by atoms with Crippen LogP contribution in [0.2, 0.25) is 0 Å². The largest absolute Gasteiger partial charge is 0.103 e. The van der Waals surface area contributed by atoms with Crippen molar-refractivity contribution in [1.82, 2.24) is 0 Å². The standard InChI is InChI=1S/C36H46/c1-9-17-19-21-31-29(15-7)35-23-33-27(13-5)25(11-3)26(12-4)28(14-6)34(33)24-36(35)30(16-8)32(31)22-20-18-10-2/h23-24H,9-16,21-22H2,1-8H3. The predicted molar refractivity (Wildman–Crippen MR) is 161 cm³/mol. The van der Waals surface area contributed by atoms with Crippen LogP contribution in [0.25, 0.3) is 21.5 Å². The van der Waals surface area contributed by atoms with Crippen LogP contribution >= 0.6 is 0 Å². The summed E-state index contributed by atoms with van der Waals surface area (Å²) in [6.45, 7) is 18.3. The second kappa shape index (κ2) is 13.0. The number of hydrogen-bond donors (Lipinski definition) is 0. The SMILES string of the molecule is CCC#CCc1c(CC#CCC)c(CC)c2cc3c(CC)c(CC)c(CC)c(CC)c3cc2c1CC. The Labute approximate surface area is 221 Å². The predicted octanol–water partition coefficient (Wildman–Crippen LogP) is 9.28. The fourth-order valence-corrected chi connectivity index (χ4v) is 6.42. The molecule has 3 rings (SSSR count). The van der Waals surface area contributed by atoms with Crippen molar-refractivity contribution >= 4 is 21.5 Å². The van der Waals surface area contributed by atoms with Crippen molar-refractivity contribution in [2.24, 2.45) is 0 Å². The first-order valence-corrected chi connectivity index (χ1v) is 14.6. The summed E-state index contributed by atoms with van der Waals surface area (Å²) in [5.41, 5.74) is 12.2. The molecule has 0 spiro atoms. The van der Waals surface area contributed by atoms with Gasteiger partial charge in [-0.15, -0.1) is 11.8 Å². The molecule has 190 valence electrons. The van der Waals surface area contributed by atoms with E-state index in [2.05, 4.69) is 91.2 Å². The van der Waals surface area contributed by atoms with Gasteiger partial charge in [-0.05, 0) is 117 Å². The molecule has 0 nitrogen and oxygen atoms in total. The van der Waals surface area contributed by atoms with Crippen molar-refractivity contribution in [2.75, 3.05) is 0 Å². The molecule has 0 N–H and O–H groups in total. The molecule has 0 saturated heterocycles. The molecule has 0 bridgehead atoms. The lowest BCUT2D eigenvalue weighted by Gasteiger charge is -2.24. The fourth-order valence-electron chi connectivity index (χ4n) is 6.42. The minimum absolute atomic E-state index is 0.830. The van der Waals surface area contributed by atoms with Gasteiger partial charge in [0.15, 0.2) is 0 Å². The van der Waals surface area contributed by atoms with Crippen LogP contribution < -0.4 is 0 Å². The van der Waals surface area contributed by atoms with Crippen molar-refractivity contribution in [1.29, 1.82) is 0 Å². The van der Waals surface area contributed by atoms with Crippen LogP contribution in [-0.2, 0) is 51.4 Å². The Balaban J connectivity index is 2.59. The van der Waals surface area contributed by atoms with Crippen molar-refractivity contribution in [2.45, 2.75) is 120 Å². The Morgan fingerprint density at radius 1 is 0.361 bits per heavy atom. The van der Waals surface area contributed by atoms with Crippen LogP contribution in [0.3, 0.4) is 0 Å². The van der Waals surface area contributed by atoms with Gasteiger partial charge >= 0.3 is 0 Å². The summed E-state index contributed by atoms with van der Waals surface area (Å²) in [5, 5.41) is 5.87. The molecule has 3 aromatic carbocycles. The zero-order valence-corrected chi connectivity index (χ0v) is 24.2. The second-order valence-electron chi connectivity index (χ2n) is 9.66. The smallest absolute Gasteiger partial charge is 0.0346 e. The zero-order valence-electron chi connectivity index (χ0n) is 24.2. The number of fused-ring (bicyclic) bond motifs is 2. The van der Waals surface area contributed by atoms with Crippen molar-refractivity contribution in [3.63, 3.8) is 0 Å². The highest BCUT2D eigenvalue weighted by Gasteiger charge is 2.21. The number of benzene rings is 3. The Kier molecular flexibility index (Phi) is 10.1. The van der Waals surface area contributed by atoms with E-state index >= 15 is 0 Å². The minimum Gasteiger partial charge on any atom is -0.103 e. The molecule has 0 aliphatic rings. The molecule has 0 aliphatic heterocycles. The van der Waals surface area contributed by atoms with E-state index < -0.39 is 0 Å². The van der Waals surface area contributed by atoms with Gasteiger partial charge in [-0.3, -0.25) is 0 Å². The Morgan fingerprint density at radius 3 is 0.889 bits per heavy atom. The van der Waals surface area contributed by atoms with E-state index in [1.165, 1.54) is 43.8 Å². The van der Waals surface area contributed by atoms with Crippen LogP contribution in [0.5, 0.6) is 0 Å². The van der Waals surface area contributed by atoms with Gasteiger partial charge in [0.1, 0.15) is 0 Å². The fraction of sp³-hybridized carbons (Fsp3) is 0.500. The molecule has 0 heteroatoms. The maximum absolute atomic E-state index is 3.49. The molecule has 0 aliphatic carbocycles. The maximum atomic E-state index is 3.49. The molecular weight excluding hydrogens is 432 g/mol. The molecule has 0 fully saturated rings. The summed E-state index contributed by atoms with van der Waals surface area (Å²) >= 11 is 0. The van der Waals surface area contributed by atoms with Crippen molar-refractivity contribution < 1.29 is 0 Å². The maximum Gasteiger partial charge on any atom is 0.0346 e. The van der Waals surface area contributed by atoms with Gasteiger partial charge in [-0.2, -0.15) is 0 Å². The molecule has 0 aromatic heterocycles. The van der Waals surface area contributed by atoms with E-state index in [1.54, 1.807) is 22.3 Å². The number of rotatable bonds is 8. The van der Waals surface area contributed by atoms with E-state index in [1.807, 2.05) is 0 Å². The summed E-state index contributed by atoms with van der Waals surface area (Å²) in [4.78, 5) is 0. The van der Waals surface area contributed by atoms with Gasteiger partial charge < -0.3 is 0 Å². The summed E-state index contributed by atoms with van der Waals surface area (Å²) in [6.07, 6.45) is 9.93. The van der Waals surface area contributed by atoms with E-state index in [0.717, 1.165) is 64.2 Å². The highest BCUT2D eigenvalue weighted by atomic mass is 14.2. The first-order valence-electron chi connectivity index (χ1n) is 14.6. The molecular formula is C36H46. The van der Waals surface area contributed by atoms with E-state index in [0.29, 0.717) is 0 Å². The summed E-state index contributed by atoms with van der Waals surface area (Å²) in [7, 11) is 0. The van der Waals surface area contributed by atoms with E-state index in [-0.39, 0.29) is 0 Å². The van der Waals surface area contributed by atoms with Crippen LogP contribution in [0.15, 0.2) is 12.1 Å². The van der Waals surface area contributed by atoms with Gasteiger partial charge in [-0.1, -0.05) is 67.2 Å². The average Bonchev–Trinajstić information content (AvgIpc) is 2.90. The minimum atomic E-state index is 0.830. The van der Waals surface area contributed by atoms with Crippen LogP contribution in [0.4, 0.5) is 0 Å². The van der Waals surface area contributed by atoms with Crippen LogP contribution in [0, 0.1) is 23.7 Å². The lowest BCUT2D eigenvalue weighted by Crippen LogP contribution is -2.08. The molecule has 0 saturated carbocycles. The molecule has 36 heavy (non-hydrogen) atoms. The van der Waals surface area contributed by atoms with Gasteiger partial charge in [0.25, 0.3) is 0 Å². The topological polar surface area (TPSA) is 0 Å². The quantitative estimate of drug-likeness (QED) is 0.223. The molecule has 3 aromatic rings. The van der Waals surface area contributed by atoms with Gasteiger partial charge in [-0.25, -0.2) is 0 Å². The van der Waals surface area contributed by atoms with Crippen LogP contribution in [-0.4, -0.2) is 0 Å². The highest BCUT2D eigenvalue weighted by molar-refractivity contribution is 6.05. The Morgan fingerprint density at radius 2 is 0.639 bits per heavy atom. The lowest BCUT2D eigenvalue weighted by molar-refractivity contribution is 0.960. The molecule has 0 radical (unpaired) electrons. The van der Waals surface area contributed by atoms with Crippen molar-refractivity contribution in [3.8, 4) is 23.7 Å². The summed E-state index contributed by atoms with van der Waals surface area (Å²) < 4.78 is 0. The third-order valence-electron chi connectivity index (χ3n) is 7.90. The summed E-state index contributed by atoms with van der Waals surface area (Å²) in [5.74, 6) is 13.6. The monoisotopic (exact) mass is 478 g/mol. The second-order valence-corrected chi connectivity index (χ2v) is 9.66. The lowest BCUT2D eigenvalue weighted by atomic mass is 9.80. The normalized spacial score (nSPS) is 10.9. The zero-order chi connectivity index (χ0) is 26.2. The average molecular weight is 479 g/mol. The van der Waals surface area contributed by atoms with Crippen molar-refractivity contribution in [3.05, 3.63) is 56.6 Å². The number of aryl methyl sites for hydroxylation is 4. The van der Waals surface area contributed by atoms with Gasteiger partial charge in [0.05, 0.1) is 0 Å².